The summed E-state index contributed by atoms with van der Waals surface area (Å²) >= 11 is 0. The molecule has 0 radical (unpaired) electrons. The number of nitrogens with one attached hydrogen (secondary N) is 1. The SMILES string of the molecule is NCCCNCC1(N2CCCCC2)CCCCC1. The van der Waals surface area contributed by atoms with E-state index in [1.165, 1.54) is 71.0 Å². The van der Waals surface area contributed by atoms with Crippen molar-refractivity contribution in [2.45, 2.75) is 63.3 Å². The fourth-order valence-electron chi connectivity index (χ4n) is 3.73. The van der Waals surface area contributed by atoms with E-state index in [0.29, 0.717) is 5.54 Å². The lowest BCUT2D eigenvalue weighted by atomic mass is 9.79. The van der Waals surface area contributed by atoms with E-state index in [-0.39, 0.29) is 0 Å². The van der Waals surface area contributed by atoms with Crippen molar-refractivity contribution in [1.82, 2.24) is 10.2 Å². The molecule has 3 heteroatoms. The van der Waals surface area contributed by atoms with E-state index in [9.17, 15) is 0 Å². The molecule has 0 atom stereocenters. The first kappa shape index (κ1) is 14.3. The highest BCUT2D eigenvalue weighted by molar-refractivity contribution is 4.95. The first-order valence-electron chi connectivity index (χ1n) is 8.03. The van der Waals surface area contributed by atoms with Crippen LogP contribution in [0.2, 0.25) is 0 Å². The van der Waals surface area contributed by atoms with Gasteiger partial charge in [-0.1, -0.05) is 25.7 Å². The second-order valence-corrected chi connectivity index (χ2v) is 6.15. The zero-order valence-corrected chi connectivity index (χ0v) is 11.9. The maximum atomic E-state index is 5.57. The molecule has 0 amide bonds. The van der Waals surface area contributed by atoms with Crippen molar-refractivity contribution >= 4 is 0 Å². The van der Waals surface area contributed by atoms with Crippen LogP contribution in [0, 0.1) is 0 Å². The molecule has 3 nitrogen and oxygen atoms in total. The largest absolute Gasteiger partial charge is 0.330 e. The van der Waals surface area contributed by atoms with Crippen molar-refractivity contribution in [2.75, 3.05) is 32.7 Å². The van der Waals surface area contributed by atoms with Crippen molar-refractivity contribution in [3.63, 3.8) is 0 Å². The van der Waals surface area contributed by atoms with Gasteiger partial charge in [0.05, 0.1) is 0 Å². The molecule has 0 spiro atoms. The van der Waals surface area contributed by atoms with Crippen LogP contribution in [0.3, 0.4) is 0 Å². The van der Waals surface area contributed by atoms with Crippen LogP contribution >= 0.6 is 0 Å². The minimum Gasteiger partial charge on any atom is -0.330 e. The maximum absolute atomic E-state index is 5.57. The molecule has 0 aromatic rings. The predicted octanol–water partition coefficient (Wildman–Crippen LogP) is 2.11. The molecule has 1 aliphatic carbocycles. The lowest BCUT2D eigenvalue weighted by Gasteiger charge is -2.48. The van der Waals surface area contributed by atoms with Gasteiger partial charge in [-0.2, -0.15) is 0 Å². The highest BCUT2D eigenvalue weighted by atomic mass is 15.2. The quantitative estimate of drug-likeness (QED) is 0.712. The second-order valence-electron chi connectivity index (χ2n) is 6.15. The first-order valence-corrected chi connectivity index (χ1v) is 8.03. The van der Waals surface area contributed by atoms with Crippen LogP contribution in [-0.4, -0.2) is 43.2 Å². The molecule has 1 aliphatic heterocycles. The van der Waals surface area contributed by atoms with Crippen LogP contribution in [0.25, 0.3) is 0 Å². The molecule has 0 aromatic heterocycles. The molecule has 0 unspecified atom stereocenters. The van der Waals surface area contributed by atoms with Gasteiger partial charge in [-0.25, -0.2) is 0 Å². The summed E-state index contributed by atoms with van der Waals surface area (Å²) in [4.78, 5) is 2.81. The Morgan fingerprint density at radius 3 is 2.28 bits per heavy atom. The fourth-order valence-corrected chi connectivity index (χ4v) is 3.73. The normalized spacial score (nSPS) is 25.2. The molecule has 3 N–H and O–H groups in total. The van der Waals surface area contributed by atoms with Gasteiger partial charge in [-0.05, 0) is 58.3 Å². The Bertz CT molecular complexity index is 218. The lowest BCUT2D eigenvalue weighted by Crippen LogP contribution is -2.57. The fraction of sp³-hybridized carbons (Fsp3) is 1.00. The van der Waals surface area contributed by atoms with Gasteiger partial charge in [0.15, 0.2) is 0 Å². The number of hydrogen-bond donors (Lipinski definition) is 2. The van der Waals surface area contributed by atoms with Gasteiger partial charge in [-0.3, -0.25) is 4.90 Å². The standard InChI is InChI=1S/C15H31N3/c16-10-7-11-17-14-15(8-3-1-4-9-15)18-12-5-2-6-13-18/h17H,1-14,16H2. The third-order valence-electron chi connectivity index (χ3n) is 4.82. The van der Waals surface area contributed by atoms with E-state index in [4.69, 9.17) is 5.73 Å². The monoisotopic (exact) mass is 253 g/mol. The van der Waals surface area contributed by atoms with Gasteiger partial charge < -0.3 is 11.1 Å². The van der Waals surface area contributed by atoms with Crippen molar-refractivity contribution in [1.29, 1.82) is 0 Å². The van der Waals surface area contributed by atoms with Gasteiger partial charge in [0.25, 0.3) is 0 Å². The van der Waals surface area contributed by atoms with Crippen molar-refractivity contribution in [3.05, 3.63) is 0 Å². The van der Waals surface area contributed by atoms with Crippen LogP contribution in [-0.2, 0) is 0 Å². The predicted molar refractivity (Wildman–Crippen MR) is 77.8 cm³/mol. The van der Waals surface area contributed by atoms with Crippen LogP contribution < -0.4 is 11.1 Å². The Morgan fingerprint density at radius 2 is 1.61 bits per heavy atom. The summed E-state index contributed by atoms with van der Waals surface area (Å²) in [5, 5.41) is 3.67. The third kappa shape index (κ3) is 3.69. The number of nitrogens with two attached hydrogens (primary N) is 1. The van der Waals surface area contributed by atoms with E-state index >= 15 is 0 Å². The molecular formula is C15H31N3. The number of hydrogen-bond acceptors (Lipinski definition) is 3. The van der Waals surface area contributed by atoms with Gasteiger partial charge in [-0.15, -0.1) is 0 Å². The Balaban J connectivity index is 1.88. The van der Waals surface area contributed by atoms with E-state index in [0.717, 1.165) is 19.5 Å². The second kappa shape index (κ2) is 7.46. The molecule has 0 bridgehead atoms. The van der Waals surface area contributed by atoms with Crippen LogP contribution in [0.5, 0.6) is 0 Å². The van der Waals surface area contributed by atoms with E-state index in [2.05, 4.69) is 10.2 Å². The smallest absolute Gasteiger partial charge is 0.0333 e. The number of likely N-dealkylation sites (tertiary alicyclic amines) is 1. The molecular weight excluding hydrogens is 222 g/mol. The van der Waals surface area contributed by atoms with Gasteiger partial charge in [0.2, 0.25) is 0 Å². The number of rotatable bonds is 6. The van der Waals surface area contributed by atoms with E-state index < -0.39 is 0 Å². The highest BCUT2D eigenvalue weighted by Crippen LogP contribution is 2.35. The van der Waals surface area contributed by atoms with Gasteiger partial charge in [0, 0.05) is 12.1 Å². The summed E-state index contributed by atoms with van der Waals surface area (Å²) in [5.41, 5.74) is 6.05. The number of nitrogens with zero attached hydrogens (tertiary/aromatic N) is 1. The maximum Gasteiger partial charge on any atom is 0.0333 e. The van der Waals surface area contributed by atoms with Crippen LogP contribution in [0.1, 0.15) is 57.8 Å². The number of piperidine rings is 1. The van der Waals surface area contributed by atoms with Gasteiger partial charge in [0.1, 0.15) is 0 Å². The average Bonchev–Trinajstić information content (AvgIpc) is 2.46. The van der Waals surface area contributed by atoms with E-state index in [1.54, 1.807) is 0 Å². The summed E-state index contributed by atoms with van der Waals surface area (Å²) in [6.45, 7) is 5.75. The average molecular weight is 253 g/mol. The van der Waals surface area contributed by atoms with Crippen LogP contribution in [0.4, 0.5) is 0 Å². The first-order chi connectivity index (χ1) is 8.87. The topological polar surface area (TPSA) is 41.3 Å². The van der Waals surface area contributed by atoms with E-state index in [1.807, 2.05) is 0 Å². The third-order valence-corrected chi connectivity index (χ3v) is 4.82. The molecule has 106 valence electrons. The summed E-state index contributed by atoms with van der Waals surface area (Å²) < 4.78 is 0. The molecule has 18 heavy (non-hydrogen) atoms. The highest BCUT2D eigenvalue weighted by Gasteiger charge is 2.37. The molecule has 2 rings (SSSR count). The molecule has 2 fully saturated rings. The Hall–Kier alpha value is -0.120. The summed E-state index contributed by atoms with van der Waals surface area (Å²) in [7, 11) is 0. The molecule has 1 heterocycles. The zero-order valence-electron chi connectivity index (χ0n) is 11.9. The summed E-state index contributed by atoms with van der Waals surface area (Å²) in [5.74, 6) is 0. The minimum atomic E-state index is 0.479. The molecule has 1 saturated carbocycles. The Labute approximate surface area is 112 Å². The Morgan fingerprint density at radius 1 is 0.944 bits per heavy atom. The summed E-state index contributed by atoms with van der Waals surface area (Å²) in [6.07, 6.45) is 12.5. The zero-order chi connectivity index (χ0) is 12.7. The molecule has 1 saturated heterocycles. The van der Waals surface area contributed by atoms with Crippen molar-refractivity contribution < 1.29 is 0 Å². The summed E-state index contributed by atoms with van der Waals surface area (Å²) in [6, 6.07) is 0. The Kier molecular flexibility index (Phi) is 5.93. The minimum absolute atomic E-state index is 0.479. The lowest BCUT2D eigenvalue weighted by molar-refractivity contribution is 0.0337. The van der Waals surface area contributed by atoms with Crippen molar-refractivity contribution in [3.8, 4) is 0 Å². The molecule has 0 aromatic carbocycles. The van der Waals surface area contributed by atoms with Crippen LogP contribution in [0.15, 0.2) is 0 Å². The van der Waals surface area contributed by atoms with Crippen molar-refractivity contribution in [2.24, 2.45) is 5.73 Å². The molecule has 2 aliphatic rings. The van der Waals surface area contributed by atoms with Gasteiger partial charge >= 0.3 is 0 Å².